The number of hydrogen-bond donors (Lipinski definition) is 1. The Morgan fingerprint density at radius 1 is 1.07 bits per heavy atom. The number of rotatable bonds is 7. The molecule has 0 spiro atoms. The molecular weight excluding hydrogens is 362 g/mol. The lowest BCUT2D eigenvalue weighted by Gasteiger charge is -2.05. The van der Waals surface area contributed by atoms with E-state index >= 15 is 0 Å². The molecule has 1 aromatic heterocycles. The number of hydrogen-bond acceptors (Lipinski definition) is 6. The first-order valence-corrected chi connectivity index (χ1v) is 9.07. The van der Waals surface area contributed by atoms with Crippen LogP contribution in [0.25, 0.3) is 6.08 Å². The van der Waals surface area contributed by atoms with Gasteiger partial charge >= 0.3 is 0 Å². The molecular formula is C20H19N3O3S. The third kappa shape index (κ3) is 5.15. The maximum Gasteiger partial charge on any atom is 0.250 e. The number of aromatic nitrogens is 2. The van der Waals surface area contributed by atoms with Gasteiger partial charge in [0.1, 0.15) is 16.5 Å². The molecule has 0 fully saturated rings. The Hall–Kier alpha value is -3.19. The van der Waals surface area contributed by atoms with E-state index in [4.69, 9.17) is 9.47 Å². The summed E-state index contributed by atoms with van der Waals surface area (Å²) in [5, 5.41) is 12.2. The van der Waals surface area contributed by atoms with Crippen LogP contribution in [0.15, 0.2) is 54.6 Å². The lowest BCUT2D eigenvalue weighted by Crippen LogP contribution is -2.07. The molecule has 0 atom stereocenters. The molecule has 0 aliphatic heterocycles. The predicted octanol–water partition coefficient (Wildman–Crippen LogP) is 3.80. The SMILES string of the molecule is COc1ccc(/C=C/C(=O)Nc2nnc(Cc3ccccc3OC)s2)cc1. The molecule has 138 valence electrons. The van der Waals surface area contributed by atoms with E-state index in [1.54, 1.807) is 20.3 Å². The van der Waals surface area contributed by atoms with Gasteiger partial charge in [-0.3, -0.25) is 10.1 Å². The molecule has 3 aromatic rings. The Balaban J connectivity index is 1.59. The predicted molar refractivity (Wildman–Crippen MR) is 106 cm³/mol. The van der Waals surface area contributed by atoms with Gasteiger partial charge in [-0.25, -0.2) is 0 Å². The second kappa shape index (κ2) is 8.95. The molecule has 1 N–H and O–H groups in total. The first-order valence-electron chi connectivity index (χ1n) is 8.25. The van der Waals surface area contributed by atoms with Gasteiger partial charge in [0.05, 0.1) is 14.2 Å². The van der Waals surface area contributed by atoms with E-state index in [0.717, 1.165) is 27.6 Å². The van der Waals surface area contributed by atoms with E-state index in [1.165, 1.54) is 17.4 Å². The average molecular weight is 381 g/mol. The van der Waals surface area contributed by atoms with Gasteiger partial charge in [0.15, 0.2) is 0 Å². The van der Waals surface area contributed by atoms with E-state index in [0.29, 0.717) is 11.6 Å². The molecule has 0 radical (unpaired) electrons. The van der Waals surface area contributed by atoms with Crippen molar-refractivity contribution in [3.63, 3.8) is 0 Å². The minimum Gasteiger partial charge on any atom is -0.497 e. The Labute approximate surface area is 161 Å². The average Bonchev–Trinajstić information content (AvgIpc) is 3.14. The van der Waals surface area contributed by atoms with Crippen molar-refractivity contribution in [1.82, 2.24) is 10.2 Å². The maximum absolute atomic E-state index is 12.1. The first kappa shape index (κ1) is 18.6. The topological polar surface area (TPSA) is 73.3 Å². The second-order valence-corrected chi connectivity index (χ2v) is 6.65. The molecule has 3 rings (SSSR count). The fourth-order valence-electron chi connectivity index (χ4n) is 2.42. The van der Waals surface area contributed by atoms with Gasteiger partial charge in [-0.05, 0) is 29.8 Å². The van der Waals surface area contributed by atoms with Crippen molar-refractivity contribution in [2.75, 3.05) is 19.5 Å². The summed E-state index contributed by atoms with van der Waals surface area (Å²) in [6.07, 6.45) is 3.79. The zero-order valence-electron chi connectivity index (χ0n) is 15.0. The van der Waals surface area contributed by atoms with E-state index in [-0.39, 0.29) is 5.91 Å². The molecule has 0 aliphatic rings. The van der Waals surface area contributed by atoms with Crippen LogP contribution in [-0.2, 0) is 11.2 Å². The Bertz CT molecular complexity index is 936. The summed E-state index contributed by atoms with van der Waals surface area (Å²) in [6.45, 7) is 0. The van der Waals surface area contributed by atoms with E-state index < -0.39 is 0 Å². The quantitative estimate of drug-likeness (QED) is 0.630. The summed E-state index contributed by atoms with van der Waals surface area (Å²) in [5.74, 6) is 1.32. The normalized spacial score (nSPS) is 10.7. The van der Waals surface area contributed by atoms with Crippen LogP contribution < -0.4 is 14.8 Å². The van der Waals surface area contributed by atoms with E-state index in [2.05, 4.69) is 15.5 Å². The summed E-state index contributed by atoms with van der Waals surface area (Å²) in [7, 11) is 3.25. The molecule has 6 nitrogen and oxygen atoms in total. The van der Waals surface area contributed by atoms with Gasteiger partial charge in [0.2, 0.25) is 11.0 Å². The Morgan fingerprint density at radius 3 is 2.59 bits per heavy atom. The third-order valence-corrected chi connectivity index (χ3v) is 4.61. The van der Waals surface area contributed by atoms with Gasteiger partial charge in [0, 0.05) is 18.1 Å². The third-order valence-electron chi connectivity index (χ3n) is 3.77. The van der Waals surface area contributed by atoms with Crippen LogP contribution in [0.2, 0.25) is 0 Å². The second-order valence-electron chi connectivity index (χ2n) is 5.59. The van der Waals surface area contributed by atoms with Crippen molar-refractivity contribution in [1.29, 1.82) is 0 Å². The summed E-state index contributed by atoms with van der Waals surface area (Å²) in [5.41, 5.74) is 1.92. The van der Waals surface area contributed by atoms with Crippen molar-refractivity contribution in [3.8, 4) is 11.5 Å². The number of carbonyl (C=O) groups is 1. The highest BCUT2D eigenvalue weighted by Crippen LogP contribution is 2.24. The molecule has 1 heterocycles. The molecule has 0 saturated heterocycles. The van der Waals surface area contributed by atoms with Crippen LogP contribution in [0.1, 0.15) is 16.1 Å². The molecule has 7 heteroatoms. The summed E-state index contributed by atoms with van der Waals surface area (Å²) >= 11 is 1.34. The smallest absolute Gasteiger partial charge is 0.250 e. The van der Waals surface area contributed by atoms with Gasteiger partial charge < -0.3 is 9.47 Å². The number of amides is 1. The lowest BCUT2D eigenvalue weighted by molar-refractivity contribution is -0.111. The molecule has 0 bridgehead atoms. The lowest BCUT2D eigenvalue weighted by atomic mass is 10.1. The van der Waals surface area contributed by atoms with Crippen LogP contribution in [-0.4, -0.2) is 30.3 Å². The highest BCUT2D eigenvalue weighted by molar-refractivity contribution is 7.15. The first-order chi connectivity index (χ1) is 13.2. The molecule has 1 amide bonds. The number of benzene rings is 2. The summed E-state index contributed by atoms with van der Waals surface area (Å²) in [4.78, 5) is 12.1. The maximum atomic E-state index is 12.1. The number of para-hydroxylation sites is 1. The standard InChI is InChI=1S/C20H19N3O3S/c1-25-16-10-7-14(8-11-16)9-12-18(24)21-20-23-22-19(27-20)13-15-5-3-4-6-17(15)26-2/h3-12H,13H2,1-2H3,(H,21,23,24)/b12-9+. The number of anilines is 1. The van der Waals surface area contributed by atoms with Crippen LogP contribution in [0, 0.1) is 0 Å². The molecule has 0 unspecified atom stereocenters. The minimum atomic E-state index is -0.259. The fourth-order valence-corrected chi connectivity index (χ4v) is 3.19. The fraction of sp³-hybridized carbons (Fsp3) is 0.150. The van der Waals surface area contributed by atoms with Crippen LogP contribution in [0.3, 0.4) is 0 Å². The van der Waals surface area contributed by atoms with Crippen molar-refractivity contribution in [2.24, 2.45) is 0 Å². The van der Waals surface area contributed by atoms with Crippen molar-refractivity contribution in [2.45, 2.75) is 6.42 Å². The summed E-state index contributed by atoms with van der Waals surface area (Å²) in [6, 6.07) is 15.2. The van der Waals surface area contributed by atoms with Crippen LogP contribution >= 0.6 is 11.3 Å². The minimum absolute atomic E-state index is 0.259. The van der Waals surface area contributed by atoms with Gasteiger partial charge in [-0.15, -0.1) is 10.2 Å². The van der Waals surface area contributed by atoms with Gasteiger partial charge in [-0.1, -0.05) is 41.7 Å². The highest BCUT2D eigenvalue weighted by Gasteiger charge is 2.09. The molecule has 0 aliphatic carbocycles. The van der Waals surface area contributed by atoms with E-state index in [1.807, 2.05) is 48.5 Å². The Kier molecular flexibility index (Phi) is 6.17. The Morgan fingerprint density at radius 2 is 1.85 bits per heavy atom. The van der Waals surface area contributed by atoms with Crippen LogP contribution in [0.5, 0.6) is 11.5 Å². The van der Waals surface area contributed by atoms with Crippen LogP contribution in [0.4, 0.5) is 5.13 Å². The monoisotopic (exact) mass is 381 g/mol. The zero-order chi connectivity index (χ0) is 19.1. The number of nitrogens with one attached hydrogen (secondary N) is 1. The van der Waals surface area contributed by atoms with Crippen molar-refractivity contribution in [3.05, 3.63) is 70.7 Å². The number of methoxy groups -OCH3 is 2. The largest absolute Gasteiger partial charge is 0.497 e. The summed E-state index contributed by atoms with van der Waals surface area (Å²) < 4.78 is 10.5. The molecule has 2 aromatic carbocycles. The molecule has 0 saturated carbocycles. The van der Waals surface area contributed by atoms with Crippen molar-refractivity contribution >= 4 is 28.5 Å². The van der Waals surface area contributed by atoms with E-state index in [9.17, 15) is 4.79 Å². The number of ether oxygens (including phenoxy) is 2. The molecule has 27 heavy (non-hydrogen) atoms. The highest BCUT2D eigenvalue weighted by atomic mass is 32.1. The van der Waals surface area contributed by atoms with Crippen molar-refractivity contribution < 1.29 is 14.3 Å². The number of nitrogens with zero attached hydrogens (tertiary/aromatic N) is 2. The number of carbonyl (C=O) groups excluding carboxylic acids is 1. The zero-order valence-corrected chi connectivity index (χ0v) is 15.8. The van der Waals surface area contributed by atoms with Gasteiger partial charge in [0.25, 0.3) is 0 Å². The van der Waals surface area contributed by atoms with Gasteiger partial charge in [-0.2, -0.15) is 0 Å².